The number of imidazole rings is 1. The lowest BCUT2D eigenvalue weighted by Crippen LogP contribution is -2.14. The monoisotopic (exact) mass is 285 g/mol. The molecule has 0 atom stereocenters. The van der Waals surface area contributed by atoms with Crippen LogP contribution in [0.15, 0.2) is 30.7 Å². The highest BCUT2D eigenvalue weighted by Crippen LogP contribution is 2.16. The highest BCUT2D eigenvalue weighted by molar-refractivity contribution is 7.20. The van der Waals surface area contributed by atoms with E-state index in [2.05, 4.69) is 25.7 Å². The Morgan fingerprint density at radius 3 is 2.90 bits per heavy atom. The zero-order valence-corrected chi connectivity index (χ0v) is 11.3. The zero-order chi connectivity index (χ0) is 13.8. The van der Waals surface area contributed by atoms with E-state index in [1.807, 2.05) is 12.3 Å². The molecule has 0 bridgehead atoms. The van der Waals surface area contributed by atoms with E-state index in [1.165, 1.54) is 11.3 Å². The summed E-state index contributed by atoms with van der Waals surface area (Å²) in [6.07, 6.45) is 5.09. The summed E-state index contributed by atoms with van der Waals surface area (Å²) >= 11 is 1.51. The molecular formula is C12H11N7S. The van der Waals surface area contributed by atoms with Crippen LogP contribution in [0.25, 0.3) is 4.96 Å². The predicted octanol–water partition coefficient (Wildman–Crippen LogP) is 1.58. The quantitative estimate of drug-likeness (QED) is 0.692. The van der Waals surface area contributed by atoms with Gasteiger partial charge < -0.3 is 10.6 Å². The molecule has 2 N–H and O–H groups in total. The molecular weight excluding hydrogens is 274 g/mol. The van der Waals surface area contributed by atoms with Crippen LogP contribution in [0.1, 0.15) is 5.56 Å². The Balaban J connectivity index is 1.48. The van der Waals surface area contributed by atoms with Crippen LogP contribution in [0.3, 0.4) is 0 Å². The van der Waals surface area contributed by atoms with Crippen LogP contribution in [0, 0.1) is 11.3 Å². The molecule has 100 valence electrons. The van der Waals surface area contributed by atoms with E-state index in [4.69, 9.17) is 5.26 Å². The Labute approximate surface area is 118 Å². The van der Waals surface area contributed by atoms with Gasteiger partial charge in [0.2, 0.25) is 10.1 Å². The summed E-state index contributed by atoms with van der Waals surface area (Å²) < 4.78 is 1.74. The largest absolute Gasteiger partial charge is 0.368 e. The minimum atomic E-state index is 0.555. The normalized spacial score (nSPS) is 10.3. The summed E-state index contributed by atoms with van der Waals surface area (Å²) in [4.78, 5) is 9.16. The second kappa shape index (κ2) is 5.54. The minimum Gasteiger partial charge on any atom is -0.368 e. The van der Waals surface area contributed by atoms with Gasteiger partial charge in [-0.1, -0.05) is 11.3 Å². The van der Waals surface area contributed by atoms with Gasteiger partial charge in [-0.05, 0) is 12.1 Å². The number of pyridine rings is 1. The molecule has 3 heterocycles. The molecule has 0 saturated carbocycles. The van der Waals surface area contributed by atoms with Crippen LogP contribution < -0.4 is 10.6 Å². The van der Waals surface area contributed by atoms with Crippen LogP contribution in [0.4, 0.5) is 10.9 Å². The lowest BCUT2D eigenvalue weighted by Gasteiger charge is -2.05. The molecule has 3 aromatic heterocycles. The predicted molar refractivity (Wildman–Crippen MR) is 76.8 cm³/mol. The van der Waals surface area contributed by atoms with Gasteiger partial charge in [0.05, 0.1) is 11.8 Å². The topological polar surface area (TPSA) is 90.9 Å². The fourth-order valence-electron chi connectivity index (χ4n) is 1.63. The molecule has 7 nitrogen and oxygen atoms in total. The SMILES string of the molecule is N#Cc1ccc(NCCNc2nn3ccnc3s2)nc1. The molecule has 20 heavy (non-hydrogen) atoms. The lowest BCUT2D eigenvalue weighted by molar-refractivity contribution is 0.958. The summed E-state index contributed by atoms with van der Waals surface area (Å²) in [7, 11) is 0. The van der Waals surface area contributed by atoms with Gasteiger partial charge in [-0.2, -0.15) is 5.26 Å². The van der Waals surface area contributed by atoms with Crippen molar-refractivity contribution in [3.8, 4) is 6.07 Å². The van der Waals surface area contributed by atoms with E-state index in [1.54, 1.807) is 29.0 Å². The van der Waals surface area contributed by atoms with Gasteiger partial charge in [0.15, 0.2) is 0 Å². The molecule has 0 unspecified atom stereocenters. The summed E-state index contributed by atoms with van der Waals surface area (Å²) in [5.74, 6) is 0.750. The molecule has 0 aliphatic heterocycles. The van der Waals surface area contributed by atoms with Crippen LogP contribution >= 0.6 is 11.3 Å². The number of rotatable bonds is 5. The molecule has 8 heteroatoms. The van der Waals surface area contributed by atoms with Gasteiger partial charge >= 0.3 is 0 Å². The fourth-order valence-corrected chi connectivity index (χ4v) is 2.42. The Hall–Kier alpha value is -2.66. The highest BCUT2D eigenvalue weighted by Gasteiger charge is 2.02. The first-order valence-corrected chi connectivity index (χ1v) is 6.81. The van der Waals surface area contributed by atoms with Gasteiger partial charge in [0.25, 0.3) is 0 Å². The number of hydrogen-bond donors (Lipinski definition) is 2. The Morgan fingerprint density at radius 1 is 1.25 bits per heavy atom. The van der Waals surface area contributed by atoms with Crippen molar-refractivity contribution < 1.29 is 0 Å². The minimum absolute atomic E-state index is 0.555. The third kappa shape index (κ3) is 2.67. The Bertz CT molecular complexity index is 709. The van der Waals surface area contributed by atoms with E-state index >= 15 is 0 Å². The van der Waals surface area contributed by atoms with Gasteiger partial charge in [0.1, 0.15) is 11.9 Å². The smallest absolute Gasteiger partial charge is 0.213 e. The van der Waals surface area contributed by atoms with Crippen LogP contribution in [0.2, 0.25) is 0 Å². The van der Waals surface area contributed by atoms with Crippen molar-refractivity contribution >= 4 is 27.2 Å². The maximum atomic E-state index is 8.68. The average molecular weight is 285 g/mol. The number of aromatic nitrogens is 4. The number of fused-ring (bicyclic) bond motifs is 1. The van der Waals surface area contributed by atoms with Crippen LogP contribution in [0.5, 0.6) is 0 Å². The molecule has 0 fully saturated rings. The van der Waals surface area contributed by atoms with Gasteiger partial charge in [0, 0.05) is 25.5 Å². The third-order valence-corrected chi connectivity index (χ3v) is 3.47. The number of nitrogens with zero attached hydrogens (tertiary/aromatic N) is 5. The molecule has 0 aromatic carbocycles. The molecule has 0 radical (unpaired) electrons. The van der Waals surface area contributed by atoms with E-state index in [-0.39, 0.29) is 0 Å². The van der Waals surface area contributed by atoms with Crippen LogP contribution in [-0.4, -0.2) is 32.7 Å². The maximum Gasteiger partial charge on any atom is 0.213 e. The van der Waals surface area contributed by atoms with E-state index in [0.717, 1.165) is 22.5 Å². The second-order valence-electron chi connectivity index (χ2n) is 3.96. The standard InChI is InChI=1S/C12H11N7S/c13-7-9-1-2-10(17-8-9)14-3-4-15-11-18-19-6-5-16-12(19)20-11/h1-2,5-6,8H,3-4H2,(H,14,17)(H,15,18). The summed E-state index contributed by atoms with van der Waals surface area (Å²) in [5.41, 5.74) is 0.555. The van der Waals surface area contributed by atoms with Gasteiger partial charge in [-0.15, -0.1) is 5.10 Å². The summed E-state index contributed by atoms with van der Waals surface area (Å²) in [6.45, 7) is 1.43. The molecule has 0 aliphatic carbocycles. The molecule has 3 aromatic rings. The fraction of sp³-hybridized carbons (Fsp3) is 0.167. The number of hydrogen-bond acceptors (Lipinski definition) is 7. The van der Waals surface area contributed by atoms with Crippen molar-refractivity contribution in [2.75, 3.05) is 23.7 Å². The van der Waals surface area contributed by atoms with Gasteiger partial charge in [-0.3, -0.25) is 0 Å². The van der Waals surface area contributed by atoms with Gasteiger partial charge in [-0.25, -0.2) is 14.5 Å². The van der Waals surface area contributed by atoms with Crippen LogP contribution in [-0.2, 0) is 0 Å². The molecule has 3 rings (SSSR count). The first-order chi connectivity index (χ1) is 9.85. The summed E-state index contributed by atoms with van der Waals surface area (Å²) in [5, 5.41) is 20.2. The molecule has 0 saturated heterocycles. The lowest BCUT2D eigenvalue weighted by atomic mass is 10.3. The Morgan fingerprint density at radius 2 is 2.15 bits per heavy atom. The molecule has 0 amide bonds. The first-order valence-electron chi connectivity index (χ1n) is 5.99. The summed E-state index contributed by atoms with van der Waals surface area (Å²) in [6, 6.07) is 5.56. The van der Waals surface area contributed by atoms with Crippen molar-refractivity contribution in [1.82, 2.24) is 19.6 Å². The van der Waals surface area contributed by atoms with Crippen molar-refractivity contribution in [1.29, 1.82) is 5.26 Å². The van der Waals surface area contributed by atoms with Crippen molar-refractivity contribution in [2.24, 2.45) is 0 Å². The van der Waals surface area contributed by atoms with E-state index < -0.39 is 0 Å². The van der Waals surface area contributed by atoms with Crippen molar-refractivity contribution in [3.63, 3.8) is 0 Å². The van der Waals surface area contributed by atoms with E-state index in [0.29, 0.717) is 12.1 Å². The first kappa shape index (κ1) is 12.4. The van der Waals surface area contributed by atoms with Crippen molar-refractivity contribution in [2.45, 2.75) is 0 Å². The number of nitriles is 1. The Kier molecular flexibility index (Phi) is 3.43. The number of anilines is 2. The second-order valence-corrected chi connectivity index (χ2v) is 4.92. The third-order valence-electron chi connectivity index (χ3n) is 2.58. The average Bonchev–Trinajstić information content (AvgIpc) is 3.05. The molecule has 0 spiro atoms. The zero-order valence-electron chi connectivity index (χ0n) is 10.4. The molecule has 0 aliphatic rings. The maximum absolute atomic E-state index is 8.68. The highest BCUT2D eigenvalue weighted by atomic mass is 32.1. The van der Waals surface area contributed by atoms with E-state index in [9.17, 15) is 0 Å². The van der Waals surface area contributed by atoms with Crippen molar-refractivity contribution in [3.05, 3.63) is 36.3 Å². The number of nitrogens with one attached hydrogen (secondary N) is 2.